The first-order valence-corrected chi connectivity index (χ1v) is 6.98. The average molecular weight is 272 g/mol. The molecule has 0 spiro atoms. The second-order valence-electron chi connectivity index (χ2n) is 5.53. The molecule has 1 aliphatic rings. The van der Waals surface area contributed by atoms with E-state index in [0.717, 1.165) is 49.5 Å². The van der Waals surface area contributed by atoms with Crippen LogP contribution in [0.2, 0.25) is 0 Å². The number of carbonyl (C=O) groups excluding carboxylic acids is 1. The quantitative estimate of drug-likeness (QED) is 0.785. The van der Waals surface area contributed by atoms with Gasteiger partial charge >= 0.3 is 0 Å². The van der Waals surface area contributed by atoms with Crippen molar-refractivity contribution in [3.05, 3.63) is 35.6 Å². The normalized spacial score (nSPS) is 16.6. The number of piperidine rings is 1. The van der Waals surface area contributed by atoms with Crippen molar-refractivity contribution in [2.75, 3.05) is 18.0 Å². The van der Waals surface area contributed by atoms with Gasteiger partial charge in [-0.3, -0.25) is 4.79 Å². The van der Waals surface area contributed by atoms with Crippen molar-refractivity contribution in [1.29, 1.82) is 0 Å². The van der Waals surface area contributed by atoms with Gasteiger partial charge in [0.15, 0.2) is 6.29 Å². The minimum absolute atomic E-state index is 0.310. The van der Waals surface area contributed by atoms with E-state index in [2.05, 4.69) is 16.8 Å². The van der Waals surface area contributed by atoms with E-state index in [1.807, 2.05) is 0 Å². The molecule has 0 radical (unpaired) electrons. The molecular weight excluding hydrogens is 255 g/mol. The van der Waals surface area contributed by atoms with Crippen molar-refractivity contribution in [2.24, 2.45) is 5.92 Å². The molecule has 1 fully saturated rings. The number of benzene rings is 1. The molecule has 1 saturated heterocycles. The average Bonchev–Trinajstić information content (AvgIpc) is 2.46. The van der Waals surface area contributed by atoms with Crippen molar-refractivity contribution < 1.29 is 9.18 Å². The molecule has 0 unspecified atom stereocenters. The van der Waals surface area contributed by atoms with Crippen LogP contribution in [0.5, 0.6) is 0 Å². The summed E-state index contributed by atoms with van der Waals surface area (Å²) < 4.78 is 13.2. The topological polar surface area (TPSA) is 33.2 Å². The monoisotopic (exact) mass is 272 g/mol. The van der Waals surface area contributed by atoms with E-state index in [4.69, 9.17) is 0 Å². The number of hydrogen-bond acceptors (Lipinski definition) is 3. The van der Waals surface area contributed by atoms with Gasteiger partial charge in [0.1, 0.15) is 11.6 Å². The predicted octanol–water partition coefficient (Wildman–Crippen LogP) is 3.42. The third-order valence-electron chi connectivity index (χ3n) is 4.00. The smallest absolute Gasteiger partial charge is 0.153 e. The van der Waals surface area contributed by atoms with Crippen LogP contribution in [0.25, 0.3) is 10.9 Å². The number of carbonyl (C=O) groups is 1. The van der Waals surface area contributed by atoms with E-state index in [0.29, 0.717) is 10.9 Å². The van der Waals surface area contributed by atoms with Crippen molar-refractivity contribution in [3.63, 3.8) is 0 Å². The van der Waals surface area contributed by atoms with Crippen molar-refractivity contribution in [1.82, 2.24) is 4.98 Å². The molecule has 2 heterocycles. The number of hydrogen-bond donors (Lipinski definition) is 0. The van der Waals surface area contributed by atoms with E-state index >= 15 is 0 Å². The minimum atomic E-state index is -0.310. The van der Waals surface area contributed by atoms with Crippen LogP contribution in [0, 0.1) is 11.7 Å². The summed E-state index contributed by atoms with van der Waals surface area (Å²) in [6, 6.07) is 6.20. The highest BCUT2D eigenvalue weighted by molar-refractivity contribution is 5.91. The van der Waals surface area contributed by atoms with Crippen molar-refractivity contribution in [3.8, 4) is 0 Å². The highest BCUT2D eigenvalue weighted by Crippen LogP contribution is 2.27. The fraction of sp³-hybridized carbons (Fsp3) is 0.375. The Morgan fingerprint density at radius 2 is 2.05 bits per heavy atom. The first-order chi connectivity index (χ1) is 9.67. The van der Waals surface area contributed by atoms with Gasteiger partial charge in [0.05, 0.1) is 11.1 Å². The number of fused-ring (bicyclic) bond motifs is 1. The van der Waals surface area contributed by atoms with E-state index < -0.39 is 0 Å². The van der Waals surface area contributed by atoms with Gasteiger partial charge in [-0.05, 0) is 43.0 Å². The molecule has 0 atom stereocenters. The van der Waals surface area contributed by atoms with Gasteiger partial charge < -0.3 is 4.90 Å². The minimum Gasteiger partial charge on any atom is -0.356 e. The largest absolute Gasteiger partial charge is 0.356 e. The maximum atomic E-state index is 13.2. The van der Waals surface area contributed by atoms with E-state index in [1.165, 1.54) is 12.1 Å². The maximum absolute atomic E-state index is 13.2. The van der Waals surface area contributed by atoms with Gasteiger partial charge in [-0.1, -0.05) is 6.92 Å². The molecule has 1 aromatic heterocycles. The van der Waals surface area contributed by atoms with Gasteiger partial charge in [0.2, 0.25) is 0 Å². The zero-order valence-corrected chi connectivity index (χ0v) is 11.5. The first-order valence-electron chi connectivity index (χ1n) is 6.98. The Morgan fingerprint density at radius 1 is 1.30 bits per heavy atom. The summed E-state index contributed by atoms with van der Waals surface area (Å²) >= 11 is 0. The molecule has 3 nitrogen and oxygen atoms in total. The molecule has 1 aromatic carbocycles. The standard InChI is InChI=1S/C16H17FN2O/c1-11-4-6-19(7-5-11)16-13(10-20)8-12-9-14(17)2-3-15(12)18-16/h2-3,8-11H,4-7H2,1H3. The van der Waals surface area contributed by atoms with Gasteiger partial charge in [-0.15, -0.1) is 0 Å². The van der Waals surface area contributed by atoms with E-state index in [9.17, 15) is 9.18 Å². The molecule has 20 heavy (non-hydrogen) atoms. The first kappa shape index (κ1) is 13.0. The molecule has 2 aromatic rings. The van der Waals surface area contributed by atoms with Crippen LogP contribution in [0.4, 0.5) is 10.2 Å². The lowest BCUT2D eigenvalue weighted by Crippen LogP contribution is -2.34. The molecular formula is C16H17FN2O. The highest BCUT2D eigenvalue weighted by atomic mass is 19.1. The Morgan fingerprint density at radius 3 is 2.75 bits per heavy atom. The van der Waals surface area contributed by atoms with Crippen LogP contribution >= 0.6 is 0 Å². The number of aromatic nitrogens is 1. The summed E-state index contributed by atoms with van der Waals surface area (Å²) in [5.74, 6) is 1.14. The molecule has 0 amide bonds. The molecule has 0 bridgehead atoms. The Hall–Kier alpha value is -1.97. The van der Waals surface area contributed by atoms with Gasteiger partial charge in [-0.25, -0.2) is 9.37 Å². The third-order valence-corrected chi connectivity index (χ3v) is 4.00. The maximum Gasteiger partial charge on any atom is 0.153 e. The zero-order valence-electron chi connectivity index (χ0n) is 11.5. The molecule has 104 valence electrons. The summed E-state index contributed by atoms with van der Waals surface area (Å²) in [5.41, 5.74) is 1.27. The van der Waals surface area contributed by atoms with Gasteiger partial charge in [0.25, 0.3) is 0 Å². The Bertz CT molecular complexity index is 648. The van der Waals surface area contributed by atoms with Gasteiger partial charge in [-0.2, -0.15) is 0 Å². The fourth-order valence-electron chi connectivity index (χ4n) is 2.71. The molecule has 0 aliphatic carbocycles. The number of aldehydes is 1. The fourth-order valence-corrected chi connectivity index (χ4v) is 2.71. The molecule has 0 saturated carbocycles. The third kappa shape index (κ3) is 2.38. The number of anilines is 1. The Kier molecular flexibility index (Phi) is 3.38. The van der Waals surface area contributed by atoms with Crippen LogP contribution < -0.4 is 4.90 Å². The SMILES string of the molecule is CC1CCN(c2nc3ccc(F)cc3cc2C=O)CC1. The van der Waals surface area contributed by atoms with E-state index in [-0.39, 0.29) is 5.82 Å². The van der Waals surface area contributed by atoms with Crippen LogP contribution in [0.3, 0.4) is 0 Å². The number of nitrogens with zero attached hydrogens (tertiary/aromatic N) is 2. The summed E-state index contributed by atoms with van der Waals surface area (Å²) in [6.45, 7) is 4.08. The molecule has 1 aliphatic heterocycles. The van der Waals surface area contributed by atoms with Crippen molar-refractivity contribution >= 4 is 23.0 Å². The predicted molar refractivity (Wildman–Crippen MR) is 77.7 cm³/mol. The number of rotatable bonds is 2. The van der Waals surface area contributed by atoms with Crippen molar-refractivity contribution in [2.45, 2.75) is 19.8 Å². The summed E-state index contributed by atoms with van der Waals surface area (Å²) in [6.07, 6.45) is 3.04. The van der Waals surface area contributed by atoms with Crippen LogP contribution in [0.1, 0.15) is 30.1 Å². The number of halogens is 1. The lowest BCUT2D eigenvalue weighted by Gasteiger charge is -2.32. The van der Waals surface area contributed by atoms with Crippen LogP contribution in [-0.2, 0) is 0 Å². The summed E-state index contributed by atoms with van der Waals surface area (Å²) in [4.78, 5) is 18.0. The molecule has 4 heteroatoms. The highest BCUT2D eigenvalue weighted by Gasteiger charge is 2.20. The summed E-state index contributed by atoms with van der Waals surface area (Å²) in [7, 11) is 0. The van der Waals surface area contributed by atoms with Crippen LogP contribution in [0.15, 0.2) is 24.3 Å². The van der Waals surface area contributed by atoms with Gasteiger partial charge in [0, 0.05) is 18.5 Å². The molecule has 0 N–H and O–H groups in total. The number of pyridine rings is 1. The molecule has 3 rings (SSSR count). The van der Waals surface area contributed by atoms with E-state index in [1.54, 1.807) is 12.1 Å². The Labute approximate surface area is 117 Å². The zero-order chi connectivity index (χ0) is 14.1. The second-order valence-corrected chi connectivity index (χ2v) is 5.53. The second kappa shape index (κ2) is 5.19. The van der Waals surface area contributed by atoms with Crippen LogP contribution in [-0.4, -0.2) is 24.4 Å². The Balaban J connectivity index is 2.05. The lowest BCUT2D eigenvalue weighted by atomic mass is 9.99. The summed E-state index contributed by atoms with van der Waals surface area (Å²) in [5, 5.41) is 0.668. The lowest BCUT2D eigenvalue weighted by molar-refractivity contribution is 0.112.